The molecule has 0 aliphatic carbocycles. The number of benzene rings is 1. The molecule has 1 heterocycles. The lowest BCUT2D eigenvalue weighted by atomic mass is 10.1. The molecule has 0 amide bonds. The van der Waals surface area contributed by atoms with Crippen LogP contribution >= 0.6 is 0 Å². The first-order valence-corrected chi connectivity index (χ1v) is 4.78. The van der Waals surface area contributed by atoms with E-state index in [1.807, 2.05) is 0 Å². The van der Waals surface area contributed by atoms with E-state index in [1.54, 1.807) is 6.07 Å². The molecule has 5 nitrogen and oxygen atoms in total. The monoisotopic (exact) mass is 236 g/mol. The molecule has 0 spiro atoms. The number of nitrogen functional groups attached to an aromatic ring is 1. The maximum absolute atomic E-state index is 13.5. The minimum Gasteiger partial charge on any atom is -0.418 e. The van der Waals surface area contributed by atoms with Gasteiger partial charge in [-0.05, 0) is 12.1 Å². The minimum absolute atomic E-state index is 0.0656. The molecule has 0 aliphatic heterocycles. The molecule has 0 saturated heterocycles. The van der Waals surface area contributed by atoms with E-state index >= 15 is 0 Å². The summed E-state index contributed by atoms with van der Waals surface area (Å²) < 4.78 is 23.1. The van der Waals surface area contributed by atoms with Crippen molar-refractivity contribution in [3.8, 4) is 17.0 Å². The third-order valence-electron chi connectivity index (χ3n) is 2.05. The molecule has 0 radical (unpaired) electrons. The topological polar surface area (TPSA) is 78.3 Å². The van der Waals surface area contributed by atoms with Crippen LogP contribution in [0, 0.1) is 5.82 Å². The van der Waals surface area contributed by atoms with Gasteiger partial charge in [0, 0.05) is 12.5 Å². The molecule has 0 atom stereocenters. The highest BCUT2D eigenvalue weighted by molar-refractivity contribution is 5.78. The van der Waals surface area contributed by atoms with E-state index in [1.165, 1.54) is 25.1 Å². The standard InChI is InChI=1S/C11H9FN2O3/c1-6(15)16-10-9(14-17-11(10)13)7-4-2-3-5-8(7)12/h2-5H,13H2,1H3. The minimum atomic E-state index is -0.586. The number of hydrogen-bond acceptors (Lipinski definition) is 5. The molecule has 0 aliphatic rings. The van der Waals surface area contributed by atoms with E-state index in [9.17, 15) is 9.18 Å². The second kappa shape index (κ2) is 4.25. The van der Waals surface area contributed by atoms with Crippen LogP contribution in [0.4, 0.5) is 10.3 Å². The largest absolute Gasteiger partial charge is 0.418 e. The third kappa shape index (κ3) is 2.10. The Hall–Kier alpha value is -2.37. The number of nitrogens with zero attached hydrogens (tertiary/aromatic N) is 1. The lowest BCUT2D eigenvalue weighted by molar-refractivity contribution is -0.131. The zero-order chi connectivity index (χ0) is 12.4. The second-order valence-corrected chi connectivity index (χ2v) is 3.30. The van der Waals surface area contributed by atoms with E-state index in [0.717, 1.165) is 0 Å². The van der Waals surface area contributed by atoms with Crippen LogP contribution in [0.15, 0.2) is 28.8 Å². The number of carbonyl (C=O) groups excluding carboxylic acids is 1. The first-order chi connectivity index (χ1) is 8.09. The Kier molecular flexibility index (Phi) is 2.78. The van der Waals surface area contributed by atoms with Crippen molar-refractivity contribution in [1.82, 2.24) is 5.16 Å². The molecule has 1 aromatic carbocycles. The van der Waals surface area contributed by atoms with Gasteiger partial charge in [0.05, 0.1) is 0 Å². The molecule has 0 saturated carbocycles. The Morgan fingerprint density at radius 1 is 1.47 bits per heavy atom. The van der Waals surface area contributed by atoms with E-state index in [2.05, 4.69) is 9.68 Å². The summed E-state index contributed by atoms with van der Waals surface area (Å²) in [5.74, 6) is -1.33. The number of rotatable bonds is 2. The Labute approximate surface area is 96.0 Å². The average Bonchev–Trinajstić information content (AvgIpc) is 2.61. The third-order valence-corrected chi connectivity index (χ3v) is 2.05. The quantitative estimate of drug-likeness (QED) is 0.806. The van der Waals surface area contributed by atoms with E-state index in [0.29, 0.717) is 0 Å². The summed E-state index contributed by atoms with van der Waals surface area (Å²) in [6.07, 6.45) is 0. The highest BCUT2D eigenvalue weighted by Crippen LogP contribution is 2.35. The first-order valence-electron chi connectivity index (χ1n) is 4.78. The van der Waals surface area contributed by atoms with Gasteiger partial charge < -0.3 is 15.0 Å². The van der Waals surface area contributed by atoms with Crippen molar-refractivity contribution in [3.05, 3.63) is 30.1 Å². The summed E-state index contributed by atoms with van der Waals surface area (Å²) >= 11 is 0. The maximum Gasteiger partial charge on any atom is 0.308 e. The maximum atomic E-state index is 13.5. The van der Waals surface area contributed by atoms with Gasteiger partial charge in [-0.1, -0.05) is 17.3 Å². The molecular formula is C11H9FN2O3. The number of halogens is 1. The predicted octanol–water partition coefficient (Wildman–Crippen LogP) is 1.99. The number of aromatic nitrogens is 1. The summed E-state index contributed by atoms with van der Waals surface area (Å²) in [5, 5.41) is 3.58. The van der Waals surface area contributed by atoms with Crippen LogP contribution in [0.1, 0.15) is 6.92 Å². The Morgan fingerprint density at radius 3 is 2.82 bits per heavy atom. The van der Waals surface area contributed by atoms with Crippen LogP contribution in [0.25, 0.3) is 11.3 Å². The van der Waals surface area contributed by atoms with Crippen molar-refractivity contribution in [3.63, 3.8) is 0 Å². The second-order valence-electron chi connectivity index (χ2n) is 3.30. The molecule has 0 unspecified atom stereocenters. The average molecular weight is 236 g/mol. The van der Waals surface area contributed by atoms with Crippen molar-refractivity contribution in [2.24, 2.45) is 0 Å². The van der Waals surface area contributed by atoms with Crippen molar-refractivity contribution in [2.75, 3.05) is 5.73 Å². The van der Waals surface area contributed by atoms with E-state index < -0.39 is 11.8 Å². The number of esters is 1. The van der Waals surface area contributed by atoms with Crippen LogP contribution in [0.3, 0.4) is 0 Å². The summed E-state index contributed by atoms with van der Waals surface area (Å²) in [4.78, 5) is 10.9. The molecule has 2 rings (SSSR count). The SMILES string of the molecule is CC(=O)Oc1c(-c2ccccc2F)noc1N. The molecular weight excluding hydrogens is 227 g/mol. The lowest BCUT2D eigenvalue weighted by Crippen LogP contribution is -2.03. The van der Waals surface area contributed by atoms with E-state index in [4.69, 9.17) is 10.5 Å². The molecule has 6 heteroatoms. The molecule has 2 N–H and O–H groups in total. The summed E-state index contributed by atoms with van der Waals surface area (Å²) in [6.45, 7) is 1.21. The smallest absolute Gasteiger partial charge is 0.308 e. The number of carbonyl (C=O) groups is 1. The van der Waals surface area contributed by atoms with Gasteiger partial charge in [-0.2, -0.15) is 0 Å². The van der Waals surface area contributed by atoms with Gasteiger partial charge in [0.15, 0.2) is 5.69 Å². The lowest BCUT2D eigenvalue weighted by Gasteiger charge is -2.02. The molecule has 0 fully saturated rings. The summed E-state index contributed by atoms with van der Waals surface area (Å²) in [6, 6.07) is 5.91. The molecule has 0 bridgehead atoms. The van der Waals surface area contributed by atoms with Crippen molar-refractivity contribution < 1.29 is 18.4 Å². The highest BCUT2D eigenvalue weighted by atomic mass is 19.1. The zero-order valence-corrected chi connectivity index (χ0v) is 8.94. The summed E-state index contributed by atoms with van der Waals surface area (Å²) in [5.41, 5.74) is 5.67. The number of ether oxygens (including phenoxy) is 1. The Morgan fingerprint density at radius 2 is 2.18 bits per heavy atom. The van der Waals surface area contributed by atoms with Crippen LogP contribution in [0.5, 0.6) is 5.75 Å². The van der Waals surface area contributed by atoms with Gasteiger partial charge in [-0.3, -0.25) is 4.79 Å². The van der Waals surface area contributed by atoms with Crippen LogP contribution in [0.2, 0.25) is 0 Å². The fraction of sp³-hybridized carbons (Fsp3) is 0.0909. The Balaban J connectivity index is 2.53. The van der Waals surface area contributed by atoms with Crippen molar-refractivity contribution >= 4 is 11.9 Å². The highest BCUT2D eigenvalue weighted by Gasteiger charge is 2.20. The van der Waals surface area contributed by atoms with Crippen LogP contribution in [-0.2, 0) is 4.79 Å². The zero-order valence-electron chi connectivity index (χ0n) is 8.94. The van der Waals surface area contributed by atoms with Gasteiger partial charge in [-0.25, -0.2) is 4.39 Å². The number of hydrogen-bond donors (Lipinski definition) is 1. The molecule has 1 aromatic heterocycles. The normalized spacial score (nSPS) is 10.2. The van der Waals surface area contributed by atoms with Crippen molar-refractivity contribution in [1.29, 1.82) is 0 Å². The van der Waals surface area contributed by atoms with Gasteiger partial charge in [-0.15, -0.1) is 0 Å². The number of anilines is 1. The fourth-order valence-electron chi connectivity index (χ4n) is 1.36. The first kappa shape index (κ1) is 11.1. The van der Waals surface area contributed by atoms with Gasteiger partial charge in [0.1, 0.15) is 5.82 Å². The van der Waals surface area contributed by atoms with Crippen LogP contribution < -0.4 is 10.5 Å². The number of nitrogens with two attached hydrogens (primary N) is 1. The Bertz CT molecular complexity index is 566. The molecule has 88 valence electrons. The fourth-order valence-corrected chi connectivity index (χ4v) is 1.36. The van der Waals surface area contributed by atoms with E-state index in [-0.39, 0.29) is 22.9 Å². The van der Waals surface area contributed by atoms with Gasteiger partial charge >= 0.3 is 5.97 Å². The van der Waals surface area contributed by atoms with Crippen LogP contribution in [-0.4, -0.2) is 11.1 Å². The van der Waals surface area contributed by atoms with Crippen molar-refractivity contribution in [2.45, 2.75) is 6.92 Å². The molecule has 2 aromatic rings. The van der Waals surface area contributed by atoms with Gasteiger partial charge in [0.2, 0.25) is 5.75 Å². The predicted molar refractivity (Wildman–Crippen MR) is 57.6 cm³/mol. The molecule has 17 heavy (non-hydrogen) atoms. The summed E-state index contributed by atoms with van der Waals surface area (Å²) in [7, 11) is 0. The van der Waals surface area contributed by atoms with Gasteiger partial charge in [0.25, 0.3) is 5.88 Å².